The zero-order chi connectivity index (χ0) is 13.0. The van der Waals surface area contributed by atoms with Gasteiger partial charge < -0.3 is 15.0 Å². The van der Waals surface area contributed by atoms with E-state index in [-0.39, 0.29) is 12.2 Å². The summed E-state index contributed by atoms with van der Waals surface area (Å²) in [6, 6.07) is 0. The zero-order valence-electron chi connectivity index (χ0n) is 11.5. The maximum absolute atomic E-state index is 12.0. The Kier molecular flexibility index (Phi) is 4.97. The van der Waals surface area contributed by atoms with Gasteiger partial charge in [0.25, 0.3) is 0 Å². The summed E-state index contributed by atoms with van der Waals surface area (Å²) < 4.78 is 5.69. The molecule has 1 N–H and O–H groups in total. The molecule has 2 unspecified atom stereocenters. The zero-order valence-corrected chi connectivity index (χ0v) is 11.5. The second-order valence-corrected chi connectivity index (χ2v) is 5.40. The molecular weight excluding hydrogens is 230 g/mol. The van der Waals surface area contributed by atoms with E-state index in [9.17, 15) is 4.79 Å². The summed E-state index contributed by atoms with van der Waals surface area (Å²) in [6.07, 6.45) is 1.20. The van der Waals surface area contributed by atoms with Crippen LogP contribution >= 0.6 is 0 Å². The van der Waals surface area contributed by atoms with E-state index in [1.807, 2.05) is 4.90 Å². The molecule has 0 radical (unpaired) electrons. The van der Waals surface area contributed by atoms with Gasteiger partial charge in [-0.1, -0.05) is 0 Å². The highest BCUT2D eigenvalue weighted by molar-refractivity contribution is 5.76. The van der Waals surface area contributed by atoms with Gasteiger partial charge in [0.05, 0.1) is 12.2 Å². The predicted molar refractivity (Wildman–Crippen MR) is 70.5 cm³/mol. The Morgan fingerprint density at radius 2 is 1.83 bits per heavy atom. The number of carbonyl (C=O) groups excluding carboxylic acids is 1. The Labute approximate surface area is 109 Å². The predicted octanol–water partition coefficient (Wildman–Crippen LogP) is -0.0825. The molecule has 2 fully saturated rings. The number of amides is 1. The fourth-order valence-corrected chi connectivity index (χ4v) is 2.79. The third-order valence-electron chi connectivity index (χ3n) is 3.61. The lowest BCUT2D eigenvalue weighted by molar-refractivity contribution is -0.133. The molecule has 0 aromatic rings. The molecule has 2 heterocycles. The molecule has 0 bridgehead atoms. The molecule has 104 valence electrons. The first-order valence-electron chi connectivity index (χ1n) is 7.01. The van der Waals surface area contributed by atoms with E-state index in [4.69, 9.17) is 4.74 Å². The Hall–Kier alpha value is -0.650. The Balaban J connectivity index is 1.71. The minimum atomic E-state index is 0.281. The number of nitrogens with one attached hydrogen (secondary N) is 1. The first-order valence-corrected chi connectivity index (χ1v) is 7.01. The molecule has 2 rings (SSSR count). The van der Waals surface area contributed by atoms with E-state index < -0.39 is 0 Å². The van der Waals surface area contributed by atoms with Crippen molar-refractivity contribution in [1.29, 1.82) is 0 Å². The molecule has 0 aromatic carbocycles. The fourth-order valence-electron chi connectivity index (χ4n) is 2.79. The van der Waals surface area contributed by atoms with E-state index in [0.29, 0.717) is 12.3 Å². The molecule has 1 amide bonds. The summed E-state index contributed by atoms with van der Waals surface area (Å²) in [5.74, 6) is 0.295. The van der Waals surface area contributed by atoms with Crippen LogP contribution in [-0.2, 0) is 9.53 Å². The number of hydrogen-bond donors (Lipinski definition) is 1. The van der Waals surface area contributed by atoms with Gasteiger partial charge in [0.2, 0.25) is 5.91 Å². The van der Waals surface area contributed by atoms with E-state index >= 15 is 0 Å². The van der Waals surface area contributed by atoms with Crippen LogP contribution in [0.1, 0.15) is 20.3 Å². The lowest BCUT2D eigenvalue weighted by atomic mass is 10.2. The first kappa shape index (κ1) is 13.8. The lowest BCUT2D eigenvalue weighted by Crippen LogP contribution is -2.49. The van der Waals surface area contributed by atoms with Gasteiger partial charge in [-0.3, -0.25) is 9.69 Å². The number of carbonyl (C=O) groups is 1. The highest BCUT2D eigenvalue weighted by atomic mass is 16.5. The molecule has 0 aromatic heterocycles. The van der Waals surface area contributed by atoms with E-state index in [1.165, 1.54) is 0 Å². The quantitative estimate of drug-likeness (QED) is 0.766. The van der Waals surface area contributed by atoms with Crippen molar-refractivity contribution in [2.24, 2.45) is 0 Å². The Bertz CT molecular complexity index is 269. The normalized spacial score (nSPS) is 30.4. The van der Waals surface area contributed by atoms with Crippen molar-refractivity contribution < 1.29 is 9.53 Å². The molecule has 0 aliphatic carbocycles. The number of hydrogen-bond acceptors (Lipinski definition) is 4. The molecule has 18 heavy (non-hydrogen) atoms. The van der Waals surface area contributed by atoms with Crippen molar-refractivity contribution in [3.05, 3.63) is 0 Å². The number of ether oxygens (including phenoxy) is 1. The van der Waals surface area contributed by atoms with Crippen LogP contribution in [0.15, 0.2) is 0 Å². The highest BCUT2D eigenvalue weighted by Gasteiger charge is 2.23. The van der Waals surface area contributed by atoms with Crippen LogP contribution in [-0.4, -0.2) is 73.7 Å². The fraction of sp³-hybridized carbons (Fsp3) is 0.923. The monoisotopic (exact) mass is 255 g/mol. The standard InChI is InChI=1S/C13H25N3O2/c1-11-9-15(10-12(2)18-11)6-3-13(17)16-7-4-14-5-8-16/h11-12,14H,3-10H2,1-2H3. The first-order chi connectivity index (χ1) is 8.65. The SMILES string of the molecule is CC1CN(CCC(=O)N2CCNCC2)CC(C)O1. The van der Waals surface area contributed by atoms with E-state index in [1.54, 1.807) is 0 Å². The van der Waals surface area contributed by atoms with Crippen LogP contribution in [0.2, 0.25) is 0 Å². The van der Waals surface area contributed by atoms with Crippen molar-refractivity contribution in [3.8, 4) is 0 Å². The highest BCUT2D eigenvalue weighted by Crippen LogP contribution is 2.11. The van der Waals surface area contributed by atoms with Gasteiger partial charge in [0.1, 0.15) is 0 Å². The van der Waals surface area contributed by atoms with Crippen LogP contribution in [0.3, 0.4) is 0 Å². The average molecular weight is 255 g/mol. The summed E-state index contributed by atoms with van der Waals surface area (Å²) in [5.41, 5.74) is 0. The molecule has 0 saturated carbocycles. The summed E-state index contributed by atoms with van der Waals surface area (Å²) >= 11 is 0. The molecule has 0 spiro atoms. The van der Waals surface area contributed by atoms with Gasteiger partial charge in [0.15, 0.2) is 0 Å². The topological polar surface area (TPSA) is 44.8 Å². The largest absolute Gasteiger partial charge is 0.373 e. The van der Waals surface area contributed by atoms with E-state index in [2.05, 4.69) is 24.1 Å². The summed E-state index contributed by atoms with van der Waals surface area (Å²) in [7, 11) is 0. The van der Waals surface area contributed by atoms with Crippen LogP contribution in [0.4, 0.5) is 0 Å². The Morgan fingerprint density at radius 1 is 1.22 bits per heavy atom. The second-order valence-electron chi connectivity index (χ2n) is 5.40. The summed E-state index contributed by atoms with van der Waals surface area (Å²) in [5, 5.41) is 3.27. The number of nitrogens with zero attached hydrogens (tertiary/aromatic N) is 2. The lowest BCUT2D eigenvalue weighted by Gasteiger charge is -2.35. The summed E-state index contributed by atoms with van der Waals surface area (Å²) in [4.78, 5) is 16.4. The molecule has 5 nitrogen and oxygen atoms in total. The smallest absolute Gasteiger partial charge is 0.223 e. The van der Waals surface area contributed by atoms with Crippen molar-refractivity contribution in [3.63, 3.8) is 0 Å². The molecular formula is C13H25N3O2. The van der Waals surface area contributed by atoms with Gasteiger partial charge >= 0.3 is 0 Å². The number of rotatable bonds is 3. The number of piperazine rings is 1. The maximum atomic E-state index is 12.0. The molecule has 2 aliphatic rings. The van der Waals surface area contributed by atoms with Crippen molar-refractivity contribution in [2.45, 2.75) is 32.5 Å². The van der Waals surface area contributed by atoms with Crippen LogP contribution in [0.5, 0.6) is 0 Å². The van der Waals surface area contributed by atoms with Crippen molar-refractivity contribution in [1.82, 2.24) is 15.1 Å². The van der Waals surface area contributed by atoms with Gasteiger partial charge in [0, 0.05) is 52.2 Å². The van der Waals surface area contributed by atoms with Gasteiger partial charge in [-0.2, -0.15) is 0 Å². The third-order valence-corrected chi connectivity index (χ3v) is 3.61. The van der Waals surface area contributed by atoms with Crippen LogP contribution in [0, 0.1) is 0 Å². The minimum absolute atomic E-state index is 0.281. The minimum Gasteiger partial charge on any atom is -0.373 e. The maximum Gasteiger partial charge on any atom is 0.223 e. The third kappa shape index (κ3) is 3.93. The molecule has 2 aliphatic heterocycles. The van der Waals surface area contributed by atoms with Crippen molar-refractivity contribution in [2.75, 3.05) is 45.8 Å². The summed E-state index contributed by atoms with van der Waals surface area (Å²) in [6.45, 7) is 10.5. The molecule has 2 saturated heterocycles. The Morgan fingerprint density at radius 3 is 2.44 bits per heavy atom. The van der Waals surface area contributed by atoms with Crippen LogP contribution in [0.25, 0.3) is 0 Å². The second kappa shape index (κ2) is 6.50. The van der Waals surface area contributed by atoms with Crippen molar-refractivity contribution >= 4 is 5.91 Å². The molecule has 5 heteroatoms. The van der Waals surface area contributed by atoms with E-state index in [0.717, 1.165) is 45.8 Å². The van der Waals surface area contributed by atoms with Gasteiger partial charge in [-0.15, -0.1) is 0 Å². The number of morpholine rings is 1. The van der Waals surface area contributed by atoms with Gasteiger partial charge in [-0.25, -0.2) is 0 Å². The van der Waals surface area contributed by atoms with Crippen LogP contribution < -0.4 is 5.32 Å². The average Bonchev–Trinajstić information content (AvgIpc) is 2.36. The molecule has 2 atom stereocenters. The van der Waals surface area contributed by atoms with Gasteiger partial charge in [-0.05, 0) is 13.8 Å².